The van der Waals surface area contributed by atoms with Gasteiger partial charge in [-0.15, -0.1) is 10.2 Å². The lowest BCUT2D eigenvalue weighted by Crippen LogP contribution is -2.40. The van der Waals surface area contributed by atoms with E-state index in [0.29, 0.717) is 6.61 Å². The van der Waals surface area contributed by atoms with Crippen LogP contribution in [0.4, 0.5) is 4.79 Å². The molecule has 1 aliphatic rings. The number of carbonyl (C=O) groups is 1. The van der Waals surface area contributed by atoms with Crippen molar-refractivity contribution in [2.75, 3.05) is 12.9 Å². The molecule has 0 aromatic carbocycles. The molecule has 2 N–H and O–H groups in total. The van der Waals surface area contributed by atoms with Crippen molar-refractivity contribution in [2.24, 2.45) is 0 Å². The van der Waals surface area contributed by atoms with Crippen molar-refractivity contribution < 1.29 is 14.6 Å². The molecule has 2 rings (SSSR count). The molecule has 94 valence electrons. The van der Waals surface area contributed by atoms with Crippen molar-refractivity contribution in [3.63, 3.8) is 0 Å². The maximum atomic E-state index is 10.5. The number of carboxylic acid groups (broad SMARTS) is 1. The monoisotopic (exact) mass is 275 g/mol. The Balaban J connectivity index is 1.88. The minimum atomic E-state index is -1.00. The van der Waals surface area contributed by atoms with Crippen LogP contribution in [-0.4, -0.2) is 40.3 Å². The zero-order valence-electron chi connectivity index (χ0n) is 9.25. The van der Waals surface area contributed by atoms with Crippen LogP contribution in [0.5, 0.6) is 0 Å². The van der Waals surface area contributed by atoms with E-state index >= 15 is 0 Å². The molecule has 1 saturated heterocycles. The molecule has 1 aromatic heterocycles. The molecule has 0 bridgehead atoms. The topological polar surface area (TPSA) is 84.3 Å². The van der Waals surface area contributed by atoms with Crippen LogP contribution in [0.15, 0.2) is 4.34 Å². The number of hydrogen-bond acceptors (Lipinski definition) is 6. The number of hydrogen-bond donors (Lipinski definition) is 2. The second-order valence-corrected chi connectivity index (χ2v) is 5.72. The van der Waals surface area contributed by atoms with Gasteiger partial charge in [-0.3, -0.25) is 0 Å². The summed E-state index contributed by atoms with van der Waals surface area (Å²) in [5.41, 5.74) is 0. The van der Waals surface area contributed by atoms with Gasteiger partial charge < -0.3 is 15.2 Å². The molecular formula is C9H13N3O3S2. The SMILES string of the molecule is CSc1nnc([C@@H]2CC[C@@H](NC(=O)O)CO2)s1. The predicted molar refractivity (Wildman–Crippen MR) is 64.6 cm³/mol. The zero-order valence-corrected chi connectivity index (χ0v) is 10.9. The molecular weight excluding hydrogens is 262 g/mol. The van der Waals surface area contributed by atoms with E-state index in [0.717, 1.165) is 22.2 Å². The van der Waals surface area contributed by atoms with Crippen molar-refractivity contribution in [1.29, 1.82) is 0 Å². The fourth-order valence-corrected chi connectivity index (χ4v) is 3.04. The third-order valence-corrected chi connectivity index (χ3v) is 4.47. The lowest BCUT2D eigenvalue weighted by molar-refractivity contribution is -0.00349. The summed E-state index contributed by atoms with van der Waals surface area (Å²) in [6.07, 6.45) is 2.45. The first kappa shape index (κ1) is 12.6. The molecule has 0 aliphatic carbocycles. The van der Waals surface area contributed by atoms with Gasteiger partial charge in [0.25, 0.3) is 0 Å². The molecule has 0 unspecified atom stereocenters. The molecule has 8 heteroatoms. The van der Waals surface area contributed by atoms with Gasteiger partial charge in [0.2, 0.25) is 0 Å². The Morgan fingerprint density at radius 2 is 2.41 bits per heavy atom. The van der Waals surface area contributed by atoms with Gasteiger partial charge >= 0.3 is 6.09 Å². The Kier molecular flexibility index (Phi) is 4.19. The normalized spacial score (nSPS) is 24.5. The molecule has 2 heterocycles. The van der Waals surface area contributed by atoms with Gasteiger partial charge in [0.1, 0.15) is 11.1 Å². The molecule has 2 atom stereocenters. The maximum Gasteiger partial charge on any atom is 0.404 e. The fourth-order valence-electron chi connectivity index (χ4n) is 1.67. The van der Waals surface area contributed by atoms with Crippen LogP contribution in [0.25, 0.3) is 0 Å². The Labute approximate surface area is 107 Å². The quantitative estimate of drug-likeness (QED) is 0.818. The smallest absolute Gasteiger partial charge is 0.404 e. The second kappa shape index (κ2) is 5.65. The third kappa shape index (κ3) is 3.30. The van der Waals surface area contributed by atoms with E-state index in [1.807, 2.05) is 6.26 Å². The van der Waals surface area contributed by atoms with Gasteiger partial charge in [0.15, 0.2) is 4.34 Å². The van der Waals surface area contributed by atoms with E-state index in [1.165, 1.54) is 11.3 Å². The molecule has 1 amide bonds. The highest BCUT2D eigenvalue weighted by Gasteiger charge is 2.26. The van der Waals surface area contributed by atoms with Gasteiger partial charge in [-0.25, -0.2) is 4.79 Å². The standard InChI is InChI=1S/C9H13N3O3S2/c1-16-9-12-11-7(17-9)6-3-2-5(4-15-6)10-8(13)14/h5-6,10H,2-4H2,1H3,(H,13,14)/t5-,6+/m1/s1. The number of ether oxygens (including phenoxy) is 1. The molecule has 1 fully saturated rings. The maximum absolute atomic E-state index is 10.5. The summed E-state index contributed by atoms with van der Waals surface area (Å²) in [4.78, 5) is 10.5. The summed E-state index contributed by atoms with van der Waals surface area (Å²) >= 11 is 3.10. The summed E-state index contributed by atoms with van der Waals surface area (Å²) in [5.74, 6) is 0. The van der Waals surface area contributed by atoms with E-state index in [2.05, 4.69) is 15.5 Å². The van der Waals surface area contributed by atoms with Crippen LogP contribution in [0.3, 0.4) is 0 Å². The van der Waals surface area contributed by atoms with Crippen LogP contribution in [0, 0.1) is 0 Å². The van der Waals surface area contributed by atoms with Gasteiger partial charge in [0.05, 0.1) is 12.6 Å². The molecule has 1 aliphatic heterocycles. The molecule has 1 aromatic rings. The third-order valence-electron chi connectivity index (χ3n) is 2.48. The molecule has 0 spiro atoms. The van der Waals surface area contributed by atoms with Crippen molar-refractivity contribution in [2.45, 2.75) is 29.3 Å². The Bertz CT molecular complexity index is 391. The minimum Gasteiger partial charge on any atom is -0.465 e. The Hall–Kier alpha value is -0.860. The van der Waals surface area contributed by atoms with Crippen molar-refractivity contribution in [3.8, 4) is 0 Å². The van der Waals surface area contributed by atoms with E-state index in [4.69, 9.17) is 9.84 Å². The minimum absolute atomic E-state index is 0.0414. The summed E-state index contributed by atoms with van der Waals surface area (Å²) in [6, 6.07) is -0.114. The highest BCUT2D eigenvalue weighted by Crippen LogP contribution is 2.32. The number of nitrogens with one attached hydrogen (secondary N) is 1. The molecule has 0 saturated carbocycles. The highest BCUT2D eigenvalue weighted by atomic mass is 32.2. The Morgan fingerprint density at radius 1 is 1.59 bits per heavy atom. The Morgan fingerprint density at radius 3 is 2.94 bits per heavy atom. The highest BCUT2D eigenvalue weighted by molar-refractivity contribution is 8.00. The lowest BCUT2D eigenvalue weighted by Gasteiger charge is -2.27. The summed E-state index contributed by atoms with van der Waals surface area (Å²) in [7, 11) is 0. The summed E-state index contributed by atoms with van der Waals surface area (Å²) in [5, 5.41) is 20.0. The van der Waals surface area contributed by atoms with Crippen molar-refractivity contribution >= 4 is 29.2 Å². The second-order valence-electron chi connectivity index (χ2n) is 3.66. The average Bonchev–Trinajstić information content (AvgIpc) is 2.78. The number of amides is 1. The first-order valence-electron chi connectivity index (χ1n) is 5.17. The van der Waals surface area contributed by atoms with Crippen LogP contribution >= 0.6 is 23.1 Å². The van der Waals surface area contributed by atoms with Crippen molar-refractivity contribution in [1.82, 2.24) is 15.5 Å². The molecule has 6 nitrogen and oxygen atoms in total. The number of aromatic nitrogens is 2. The summed E-state index contributed by atoms with van der Waals surface area (Å²) in [6.45, 7) is 0.394. The van der Waals surface area contributed by atoms with E-state index < -0.39 is 6.09 Å². The van der Waals surface area contributed by atoms with Crippen LogP contribution in [0.1, 0.15) is 24.0 Å². The van der Waals surface area contributed by atoms with Crippen LogP contribution in [0.2, 0.25) is 0 Å². The van der Waals surface area contributed by atoms with Gasteiger partial charge in [-0.1, -0.05) is 23.1 Å². The first-order chi connectivity index (χ1) is 8.19. The van der Waals surface area contributed by atoms with E-state index in [-0.39, 0.29) is 12.1 Å². The van der Waals surface area contributed by atoms with Gasteiger partial charge in [0, 0.05) is 0 Å². The van der Waals surface area contributed by atoms with Crippen LogP contribution < -0.4 is 5.32 Å². The van der Waals surface area contributed by atoms with E-state index in [9.17, 15) is 4.79 Å². The largest absolute Gasteiger partial charge is 0.465 e. The fraction of sp³-hybridized carbons (Fsp3) is 0.667. The number of thioether (sulfide) groups is 1. The summed E-state index contributed by atoms with van der Waals surface area (Å²) < 4.78 is 6.53. The first-order valence-corrected chi connectivity index (χ1v) is 7.21. The zero-order chi connectivity index (χ0) is 12.3. The molecule has 17 heavy (non-hydrogen) atoms. The van der Waals surface area contributed by atoms with Gasteiger partial charge in [-0.2, -0.15) is 0 Å². The average molecular weight is 275 g/mol. The van der Waals surface area contributed by atoms with Crippen LogP contribution in [-0.2, 0) is 4.74 Å². The predicted octanol–water partition coefficient (Wildman–Crippen LogP) is 1.75. The van der Waals surface area contributed by atoms with Gasteiger partial charge in [-0.05, 0) is 19.1 Å². The number of rotatable bonds is 3. The number of nitrogens with zero attached hydrogens (tertiary/aromatic N) is 2. The molecule has 0 radical (unpaired) electrons. The lowest BCUT2D eigenvalue weighted by atomic mass is 10.1. The van der Waals surface area contributed by atoms with E-state index in [1.54, 1.807) is 11.8 Å². The van der Waals surface area contributed by atoms with Crippen molar-refractivity contribution in [3.05, 3.63) is 5.01 Å².